The zero-order valence-corrected chi connectivity index (χ0v) is 17.3. The molecule has 2 aliphatic rings. The number of carbonyl (C=O) groups excluding carboxylic acids is 1. The van der Waals surface area contributed by atoms with Crippen LogP contribution in [0.2, 0.25) is 0 Å². The van der Waals surface area contributed by atoms with Gasteiger partial charge < -0.3 is 9.47 Å². The smallest absolute Gasteiger partial charge is 0.285 e. The van der Waals surface area contributed by atoms with Gasteiger partial charge in [-0.2, -0.15) is 0 Å². The van der Waals surface area contributed by atoms with E-state index in [1.54, 1.807) is 22.9 Å². The highest BCUT2D eigenvalue weighted by molar-refractivity contribution is 5.92. The van der Waals surface area contributed by atoms with Crippen molar-refractivity contribution in [3.8, 4) is 0 Å². The highest BCUT2D eigenvalue weighted by atomic mass is 19.3. The van der Waals surface area contributed by atoms with E-state index in [1.807, 2.05) is 17.0 Å². The molecule has 0 aliphatic carbocycles. The minimum Gasteiger partial charge on any atom is -0.340 e. The number of amides is 1. The molecule has 0 aromatic carbocycles. The van der Waals surface area contributed by atoms with Gasteiger partial charge in [0.05, 0.1) is 11.2 Å². The maximum Gasteiger partial charge on any atom is 0.285 e. The van der Waals surface area contributed by atoms with Crippen molar-refractivity contribution in [2.75, 3.05) is 26.7 Å². The van der Waals surface area contributed by atoms with E-state index in [-0.39, 0.29) is 17.1 Å². The van der Waals surface area contributed by atoms with Crippen LogP contribution in [0, 0.1) is 0 Å². The Labute approximate surface area is 170 Å². The lowest BCUT2D eigenvalue weighted by atomic mass is 9.81. The van der Waals surface area contributed by atoms with E-state index in [0.29, 0.717) is 25.3 Å². The average molecular weight is 402 g/mol. The summed E-state index contributed by atoms with van der Waals surface area (Å²) in [5.41, 5.74) is 2.29. The van der Waals surface area contributed by atoms with E-state index in [9.17, 15) is 13.6 Å². The monoisotopic (exact) mass is 402 g/mol. The SMILES string of the molecule is CCc1ccc(C(=O)N2CCC3(CC2)c2ccc(C(C)(F)F)n2CCN3C)nc1. The van der Waals surface area contributed by atoms with Crippen molar-refractivity contribution in [3.63, 3.8) is 0 Å². The summed E-state index contributed by atoms with van der Waals surface area (Å²) in [6, 6.07) is 7.15. The van der Waals surface area contributed by atoms with Gasteiger partial charge in [-0.05, 0) is 50.1 Å². The molecule has 1 saturated heterocycles. The molecule has 0 N–H and O–H groups in total. The highest BCUT2D eigenvalue weighted by Crippen LogP contribution is 2.43. The summed E-state index contributed by atoms with van der Waals surface area (Å²) in [6.07, 6.45) is 4.09. The molecule has 2 aliphatic heterocycles. The molecule has 4 rings (SSSR count). The maximum atomic E-state index is 14.0. The average Bonchev–Trinajstić information content (AvgIpc) is 3.17. The molecule has 0 unspecified atom stereocenters. The van der Waals surface area contributed by atoms with Crippen molar-refractivity contribution in [1.82, 2.24) is 19.4 Å². The van der Waals surface area contributed by atoms with Crippen LogP contribution in [0.25, 0.3) is 0 Å². The van der Waals surface area contributed by atoms with Gasteiger partial charge in [-0.1, -0.05) is 13.0 Å². The first kappa shape index (κ1) is 20.0. The molecular formula is C22H28F2N4O. The van der Waals surface area contributed by atoms with Gasteiger partial charge in [0, 0.05) is 45.0 Å². The standard InChI is InChI=1S/C22H28F2N4O/c1-4-16-5-6-17(25-15-16)20(29)27-11-9-22(10-12-27)19-8-7-18(21(2,23)24)28(19)14-13-26(22)3/h5-8,15H,4,9-14H2,1-3H3. The molecule has 4 heterocycles. The Bertz CT molecular complexity index is 893. The van der Waals surface area contributed by atoms with E-state index in [4.69, 9.17) is 0 Å². The summed E-state index contributed by atoms with van der Waals surface area (Å²) in [5, 5.41) is 0. The predicted molar refractivity (Wildman–Crippen MR) is 107 cm³/mol. The van der Waals surface area contributed by atoms with Crippen molar-refractivity contribution in [2.45, 2.75) is 51.1 Å². The number of hydrogen-bond acceptors (Lipinski definition) is 3. The molecule has 7 heteroatoms. The third-order valence-corrected chi connectivity index (χ3v) is 6.63. The van der Waals surface area contributed by atoms with Crippen LogP contribution in [0.15, 0.2) is 30.5 Å². The number of halogens is 2. The topological polar surface area (TPSA) is 41.4 Å². The highest BCUT2D eigenvalue weighted by Gasteiger charge is 2.46. The largest absolute Gasteiger partial charge is 0.340 e. The Morgan fingerprint density at radius 1 is 1.14 bits per heavy atom. The number of hydrogen-bond donors (Lipinski definition) is 0. The third-order valence-electron chi connectivity index (χ3n) is 6.63. The van der Waals surface area contributed by atoms with Crippen LogP contribution in [0.5, 0.6) is 0 Å². The fourth-order valence-corrected chi connectivity index (χ4v) is 4.80. The number of fused-ring (bicyclic) bond motifs is 2. The second-order valence-corrected chi connectivity index (χ2v) is 8.29. The van der Waals surface area contributed by atoms with Crippen molar-refractivity contribution in [2.24, 2.45) is 0 Å². The zero-order valence-electron chi connectivity index (χ0n) is 17.3. The van der Waals surface area contributed by atoms with Gasteiger partial charge in [-0.15, -0.1) is 0 Å². The van der Waals surface area contributed by atoms with Gasteiger partial charge in [-0.25, -0.2) is 8.78 Å². The van der Waals surface area contributed by atoms with Crippen LogP contribution < -0.4 is 0 Å². The Balaban J connectivity index is 1.55. The number of aryl methyl sites for hydroxylation is 1. The number of carbonyl (C=O) groups is 1. The lowest BCUT2D eigenvalue weighted by Gasteiger charge is -2.50. The predicted octanol–water partition coefficient (Wildman–Crippen LogP) is 3.63. The quantitative estimate of drug-likeness (QED) is 0.787. The molecular weight excluding hydrogens is 374 g/mol. The first-order valence-corrected chi connectivity index (χ1v) is 10.3. The molecule has 0 saturated carbocycles. The number of alkyl halides is 2. The molecule has 0 bridgehead atoms. The van der Waals surface area contributed by atoms with Gasteiger partial charge in [-0.3, -0.25) is 14.7 Å². The number of aromatic nitrogens is 2. The second kappa shape index (κ2) is 7.20. The van der Waals surface area contributed by atoms with Crippen molar-refractivity contribution in [1.29, 1.82) is 0 Å². The van der Waals surface area contributed by atoms with Crippen LogP contribution in [-0.4, -0.2) is 51.9 Å². The van der Waals surface area contributed by atoms with Crippen LogP contribution in [-0.2, 0) is 24.4 Å². The Kier molecular flexibility index (Phi) is 4.97. The van der Waals surface area contributed by atoms with E-state index >= 15 is 0 Å². The Hall–Kier alpha value is -2.28. The Morgan fingerprint density at radius 3 is 2.45 bits per heavy atom. The Morgan fingerprint density at radius 2 is 1.86 bits per heavy atom. The normalized spacial score (nSPS) is 19.4. The van der Waals surface area contributed by atoms with E-state index in [1.165, 1.54) is 0 Å². The van der Waals surface area contributed by atoms with Gasteiger partial charge in [0.25, 0.3) is 11.8 Å². The van der Waals surface area contributed by atoms with Crippen LogP contribution >= 0.6 is 0 Å². The summed E-state index contributed by atoms with van der Waals surface area (Å²) in [5.74, 6) is -2.92. The first-order valence-electron chi connectivity index (χ1n) is 10.3. The molecule has 1 amide bonds. The fraction of sp³-hybridized carbons (Fsp3) is 0.545. The van der Waals surface area contributed by atoms with Crippen LogP contribution in [0.1, 0.15) is 54.1 Å². The van der Waals surface area contributed by atoms with Gasteiger partial charge in [0.15, 0.2) is 0 Å². The molecule has 1 fully saturated rings. The van der Waals surface area contributed by atoms with E-state index in [2.05, 4.69) is 23.9 Å². The minimum atomic E-state index is -2.86. The van der Waals surface area contributed by atoms with Gasteiger partial charge in [0.1, 0.15) is 5.69 Å². The van der Waals surface area contributed by atoms with E-state index in [0.717, 1.165) is 44.0 Å². The summed E-state index contributed by atoms with van der Waals surface area (Å²) < 4.78 is 29.9. The molecule has 1 spiro atoms. The van der Waals surface area contributed by atoms with Gasteiger partial charge in [0.2, 0.25) is 0 Å². The lowest BCUT2D eigenvalue weighted by molar-refractivity contribution is -0.00708. The first-order chi connectivity index (χ1) is 13.8. The lowest BCUT2D eigenvalue weighted by Crippen LogP contribution is -2.56. The number of nitrogens with zero attached hydrogens (tertiary/aromatic N) is 4. The van der Waals surface area contributed by atoms with Gasteiger partial charge >= 0.3 is 0 Å². The number of likely N-dealkylation sites (N-methyl/N-ethyl adjacent to an activating group) is 1. The van der Waals surface area contributed by atoms with E-state index < -0.39 is 5.92 Å². The fourth-order valence-electron chi connectivity index (χ4n) is 4.80. The molecule has 2 aromatic rings. The zero-order chi connectivity index (χ0) is 20.8. The van der Waals surface area contributed by atoms with Crippen molar-refractivity contribution in [3.05, 3.63) is 53.1 Å². The van der Waals surface area contributed by atoms with Crippen molar-refractivity contribution >= 4 is 5.91 Å². The van der Waals surface area contributed by atoms with Crippen molar-refractivity contribution < 1.29 is 13.6 Å². The second-order valence-electron chi connectivity index (χ2n) is 8.29. The number of piperidine rings is 1. The molecule has 2 aromatic heterocycles. The summed E-state index contributed by atoms with van der Waals surface area (Å²) in [6.45, 7) is 5.47. The summed E-state index contributed by atoms with van der Waals surface area (Å²) in [7, 11) is 2.06. The number of rotatable bonds is 3. The van der Waals surface area contributed by atoms with Crippen LogP contribution in [0.4, 0.5) is 8.78 Å². The minimum absolute atomic E-state index is 0.0582. The molecule has 156 valence electrons. The summed E-state index contributed by atoms with van der Waals surface area (Å²) >= 11 is 0. The summed E-state index contributed by atoms with van der Waals surface area (Å²) in [4.78, 5) is 21.3. The molecule has 29 heavy (non-hydrogen) atoms. The molecule has 5 nitrogen and oxygen atoms in total. The maximum absolute atomic E-state index is 14.0. The molecule has 0 radical (unpaired) electrons. The van der Waals surface area contributed by atoms with Crippen LogP contribution in [0.3, 0.4) is 0 Å². The number of likely N-dealkylation sites (tertiary alicyclic amines) is 1. The third kappa shape index (κ3) is 3.35. The molecule has 0 atom stereocenters. The number of pyridine rings is 1.